The average Bonchev–Trinajstić information content (AvgIpc) is 3.29. The third-order valence-electron chi connectivity index (χ3n) is 6.05. The lowest BCUT2D eigenvalue weighted by atomic mass is 9.99. The van der Waals surface area contributed by atoms with Gasteiger partial charge >= 0.3 is 0 Å². The van der Waals surface area contributed by atoms with Crippen LogP contribution in [0.3, 0.4) is 0 Å². The minimum Gasteiger partial charge on any atom is -0.370 e. The molecule has 1 aromatic carbocycles. The fourth-order valence-electron chi connectivity index (χ4n) is 4.29. The molecule has 5 rings (SSSR count). The second-order valence-corrected chi connectivity index (χ2v) is 8.35. The first-order chi connectivity index (χ1) is 15.1. The molecule has 2 aromatic heterocycles. The molecule has 158 valence electrons. The fourth-order valence-corrected chi connectivity index (χ4v) is 4.46. The van der Waals surface area contributed by atoms with Crippen molar-refractivity contribution in [3.8, 4) is 0 Å². The zero-order valence-electron chi connectivity index (χ0n) is 17.3. The van der Waals surface area contributed by atoms with E-state index in [2.05, 4.69) is 26.3 Å². The van der Waals surface area contributed by atoms with Gasteiger partial charge < -0.3 is 10.2 Å². The summed E-state index contributed by atoms with van der Waals surface area (Å²) in [5, 5.41) is 3.84. The number of allylic oxidation sites excluding steroid dienone is 1. The van der Waals surface area contributed by atoms with Crippen molar-refractivity contribution in [1.82, 2.24) is 15.3 Å². The summed E-state index contributed by atoms with van der Waals surface area (Å²) in [5.41, 5.74) is 5.32. The molecule has 0 amide bonds. The first kappa shape index (κ1) is 20.1. The minimum absolute atomic E-state index is 0.342. The number of fused-ring (bicyclic) bond motifs is 1. The Morgan fingerprint density at radius 3 is 2.74 bits per heavy atom. The molecule has 0 aliphatic carbocycles. The van der Waals surface area contributed by atoms with Crippen molar-refractivity contribution in [3.63, 3.8) is 0 Å². The van der Waals surface area contributed by atoms with Crippen LogP contribution in [0.1, 0.15) is 24.1 Å². The molecular weight excluding hydrogens is 413 g/mol. The van der Waals surface area contributed by atoms with Gasteiger partial charge in [-0.1, -0.05) is 17.7 Å². The van der Waals surface area contributed by atoms with Gasteiger partial charge in [-0.3, -0.25) is 9.98 Å². The van der Waals surface area contributed by atoms with Gasteiger partial charge in [-0.15, -0.1) is 0 Å². The molecule has 0 spiro atoms. The van der Waals surface area contributed by atoms with Crippen LogP contribution in [0.5, 0.6) is 0 Å². The molecule has 2 aliphatic rings. The SMILES string of the molecule is CNC1CCN(c2cnc3ccc(C4=CCN=C4c4cc(Cl)ccc4F)nc3c2)CC1. The largest absolute Gasteiger partial charge is 0.370 e. The van der Waals surface area contributed by atoms with Crippen molar-refractivity contribution in [2.45, 2.75) is 18.9 Å². The van der Waals surface area contributed by atoms with Crippen LogP contribution in [0.2, 0.25) is 5.02 Å². The number of nitrogens with one attached hydrogen (secondary N) is 1. The highest BCUT2D eigenvalue weighted by Crippen LogP contribution is 2.29. The summed E-state index contributed by atoms with van der Waals surface area (Å²) >= 11 is 6.10. The summed E-state index contributed by atoms with van der Waals surface area (Å²) in [6.45, 7) is 2.48. The van der Waals surface area contributed by atoms with E-state index in [4.69, 9.17) is 16.6 Å². The average molecular weight is 436 g/mol. The van der Waals surface area contributed by atoms with Crippen LogP contribution >= 0.6 is 11.6 Å². The van der Waals surface area contributed by atoms with Crippen LogP contribution in [-0.2, 0) is 0 Å². The molecule has 0 radical (unpaired) electrons. The Bertz CT molecular complexity index is 1200. The number of aliphatic imine (C=N–C) groups is 1. The highest BCUT2D eigenvalue weighted by Gasteiger charge is 2.22. The maximum absolute atomic E-state index is 14.5. The molecule has 1 N–H and O–H groups in total. The van der Waals surface area contributed by atoms with E-state index in [-0.39, 0.29) is 5.82 Å². The monoisotopic (exact) mass is 435 g/mol. The molecule has 7 heteroatoms. The van der Waals surface area contributed by atoms with Gasteiger partial charge in [0.25, 0.3) is 0 Å². The Morgan fingerprint density at radius 1 is 1.10 bits per heavy atom. The van der Waals surface area contributed by atoms with Gasteiger partial charge in [0.2, 0.25) is 0 Å². The quantitative estimate of drug-likeness (QED) is 0.655. The highest BCUT2D eigenvalue weighted by atomic mass is 35.5. The van der Waals surface area contributed by atoms with Crippen LogP contribution in [-0.4, -0.2) is 48.4 Å². The predicted octanol–water partition coefficient (Wildman–Crippen LogP) is 4.50. The van der Waals surface area contributed by atoms with E-state index in [0.29, 0.717) is 28.9 Å². The summed E-state index contributed by atoms with van der Waals surface area (Å²) < 4.78 is 14.5. The molecule has 1 fully saturated rings. The standard InChI is InChI=1S/C24H23ClFN5/c1-27-16-7-10-31(11-8-16)17-13-23-22(29-14-17)5-4-21(30-23)18-6-9-28-24(18)19-12-15(25)2-3-20(19)26/h2-6,12-14,16,27H,7-11H2,1H3. The van der Waals surface area contributed by atoms with E-state index in [1.54, 1.807) is 12.1 Å². The zero-order chi connectivity index (χ0) is 21.4. The predicted molar refractivity (Wildman–Crippen MR) is 125 cm³/mol. The van der Waals surface area contributed by atoms with Gasteiger partial charge in [0.1, 0.15) is 5.82 Å². The lowest BCUT2D eigenvalue weighted by molar-refractivity contribution is 0.442. The van der Waals surface area contributed by atoms with Gasteiger partial charge in [0, 0.05) is 35.3 Å². The number of aromatic nitrogens is 2. The van der Waals surface area contributed by atoms with E-state index >= 15 is 0 Å². The van der Waals surface area contributed by atoms with Gasteiger partial charge in [-0.05, 0) is 56.3 Å². The molecule has 3 aromatic rings. The van der Waals surface area contributed by atoms with Crippen LogP contribution in [0.4, 0.5) is 10.1 Å². The lowest BCUT2D eigenvalue weighted by Crippen LogP contribution is -2.41. The molecule has 0 unspecified atom stereocenters. The number of piperidine rings is 1. The maximum Gasteiger partial charge on any atom is 0.132 e. The molecule has 0 bridgehead atoms. The molecule has 31 heavy (non-hydrogen) atoms. The Labute approximate surface area is 185 Å². The van der Waals surface area contributed by atoms with E-state index in [1.807, 2.05) is 31.5 Å². The molecule has 5 nitrogen and oxygen atoms in total. The number of pyridine rings is 2. The van der Waals surface area contributed by atoms with Crippen molar-refractivity contribution >= 4 is 39.6 Å². The summed E-state index contributed by atoms with van der Waals surface area (Å²) in [7, 11) is 2.02. The molecule has 0 atom stereocenters. The normalized spacial score (nSPS) is 17.2. The molecule has 1 saturated heterocycles. The fraction of sp³-hybridized carbons (Fsp3) is 0.292. The van der Waals surface area contributed by atoms with Crippen molar-refractivity contribution in [1.29, 1.82) is 0 Å². The first-order valence-corrected chi connectivity index (χ1v) is 10.9. The number of nitrogens with zero attached hydrogens (tertiary/aromatic N) is 4. The van der Waals surface area contributed by atoms with Crippen molar-refractivity contribution in [2.75, 3.05) is 31.6 Å². The molecular formula is C24H23ClFN5. The van der Waals surface area contributed by atoms with Gasteiger partial charge in [-0.25, -0.2) is 9.37 Å². The Morgan fingerprint density at radius 2 is 1.94 bits per heavy atom. The van der Waals surface area contributed by atoms with Crippen LogP contribution in [0, 0.1) is 5.82 Å². The number of halogens is 2. The zero-order valence-corrected chi connectivity index (χ0v) is 18.0. The smallest absolute Gasteiger partial charge is 0.132 e. The summed E-state index contributed by atoms with van der Waals surface area (Å²) in [5.74, 6) is -0.342. The third-order valence-corrected chi connectivity index (χ3v) is 6.29. The van der Waals surface area contributed by atoms with Crippen molar-refractivity contribution < 1.29 is 4.39 Å². The molecule has 4 heterocycles. The summed E-state index contributed by atoms with van der Waals surface area (Å²) in [6.07, 6.45) is 6.12. The van der Waals surface area contributed by atoms with E-state index in [1.165, 1.54) is 6.07 Å². The Hall–Kier alpha value is -2.83. The van der Waals surface area contributed by atoms with Crippen LogP contribution < -0.4 is 10.2 Å². The van der Waals surface area contributed by atoms with E-state index in [9.17, 15) is 4.39 Å². The van der Waals surface area contributed by atoms with Gasteiger partial charge in [0.15, 0.2) is 0 Å². The Balaban J connectivity index is 1.47. The number of anilines is 1. The highest BCUT2D eigenvalue weighted by molar-refractivity contribution is 6.35. The number of rotatable bonds is 4. The maximum atomic E-state index is 14.5. The topological polar surface area (TPSA) is 53.4 Å². The lowest BCUT2D eigenvalue weighted by Gasteiger charge is -2.33. The number of hydrogen-bond acceptors (Lipinski definition) is 5. The third kappa shape index (κ3) is 3.93. The second-order valence-electron chi connectivity index (χ2n) is 7.91. The molecule has 2 aliphatic heterocycles. The van der Waals surface area contributed by atoms with Crippen molar-refractivity contribution in [3.05, 3.63) is 70.8 Å². The number of hydrogen-bond donors (Lipinski definition) is 1. The van der Waals surface area contributed by atoms with Gasteiger partial charge in [-0.2, -0.15) is 0 Å². The Kier molecular flexibility index (Phi) is 5.42. The molecule has 0 saturated carbocycles. The van der Waals surface area contributed by atoms with Gasteiger partial charge in [0.05, 0.1) is 40.9 Å². The van der Waals surface area contributed by atoms with Crippen LogP contribution in [0.15, 0.2) is 53.7 Å². The first-order valence-electron chi connectivity index (χ1n) is 10.5. The van der Waals surface area contributed by atoms with E-state index < -0.39 is 0 Å². The van der Waals surface area contributed by atoms with Crippen molar-refractivity contribution in [2.24, 2.45) is 4.99 Å². The second kappa shape index (κ2) is 8.36. The van der Waals surface area contributed by atoms with Crippen LogP contribution in [0.25, 0.3) is 16.6 Å². The summed E-state index contributed by atoms with van der Waals surface area (Å²) in [6, 6.07) is 11.1. The van der Waals surface area contributed by atoms with E-state index in [0.717, 1.165) is 53.9 Å². The summed E-state index contributed by atoms with van der Waals surface area (Å²) in [4.78, 5) is 16.4. The number of benzene rings is 1. The minimum atomic E-state index is -0.342.